The van der Waals surface area contributed by atoms with Crippen molar-refractivity contribution in [2.24, 2.45) is 0 Å². The van der Waals surface area contributed by atoms with Crippen LogP contribution in [0.1, 0.15) is 38.5 Å². The fraction of sp³-hybridized carbons (Fsp3) is 0.538. The van der Waals surface area contributed by atoms with Crippen LogP contribution in [0, 0.1) is 6.07 Å². The van der Waals surface area contributed by atoms with Crippen molar-refractivity contribution in [2.75, 3.05) is 0 Å². The van der Waals surface area contributed by atoms with E-state index in [9.17, 15) is 0 Å². The van der Waals surface area contributed by atoms with E-state index in [1.807, 2.05) is 12.1 Å². The number of hydrogen-bond acceptors (Lipinski definition) is 1. The monoisotopic (exact) mass is 366 g/mol. The molecule has 1 aromatic rings. The Morgan fingerprint density at radius 3 is 2.47 bits per heavy atom. The second-order valence-electron chi connectivity index (χ2n) is 4.09. The Morgan fingerprint density at radius 2 is 1.88 bits per heavy atom. The van der Waals surface area contributed by atoms with Gasteiger partial charge in [-0.05, 0) is 30.7 Å². The van der Waals surface area contributed by atoms with E-state index in [-0.39, 0.29) is 0 Å². The van der Waals surface area contributed by atoms with Crippen molar-refractivity contribution in [3.8, 4) is 5.75 Å². The van der Waals surface area contributed by atoms with E-state index < -0.39 is 0 Å². The van der Waals surface area contributed by atoms with Gasteiger partial charge in [0.2, 0.25) is 0 Å². The molecule has 0 aliphatic heterocycles. The van der Waals surface area contributed by atoms with E-state index in [1.54, 1.807) is 6.07 Å². The summed E-state index contributed by atoms with van der Waals surface area (Å²) in [6.07, 6.45) is 7.92. The Hall–Kier alpha value is 0.413. The van der Waals surface area contributed by atoms with Gasteiger partial charge in [0.25, 0.3) is 0 Å². The third-order valence-corrected chi connectivity index (χ3v) is 3.17. The average Bonchev–Trinajstić information content (AvgIpc) is 2.63. The first kappa shape index (κ1) is 15.5. The number of hydrogen-bond donors (Lipinski definition) is 0. The van der Waals surface area contributed by atoms with Crippen LogP contribution in [0.5, 0.6) is 5.75 Å². The SMILES string of the molecule is Clc1c[c-]ccc1OC1CCCCCC1.[Zn+][Br]. The Morgan fingerprint density at radius 1 is 1.24 bits per heavy atom. The number of halogens is 2. The van der Waals surface area contributed by atoms with Gasteiger partial charge in [-0.25, -0.2) is 0 Å². The molecule has 0 spiro atoms. The molecule has 1 nitrogen and oxygen atoms in total. The Kier molecular flexibility index (Phi) is 8.52. The molecule has 1 fully saturated rings. The summed E-state index contributed by atoms with van der Waals surface area (Å²) < 4.78 is 5.91. The predicted molar refractivity (Wildman–Crippen MR) is 71.3 cm³/mol. The summed E-state index contributed by atoms with van der Waals surface area (Å²) in [6.45, 7) is 0. The maximum atomic E-state index is 6.03. The van der Waals surface area contributed by atoms with Gasteiger partial charge in [-0.2, -0.15) is 29.8 Å². The Bertz CT molecular complexity index is 314. The van der Waals surface area contributed by atoms with Crippen molar-refractivity contribution >= 4 is 25.2 Å². The van der Waals surface area contributed by atoms with E-state index in [2.05, 4.69) is 19.7 Å². The summed E-state index contributed by atoms with van der Waals surface area (Å²) in [6, 6.07) is 8.44. The first-order valence-electron chi connectivity index (χ1n) is 5.95. The van der Waals surface area contributed by atoms with Gasteiger partial charge in [-0.3, -0.25) is 0 Å². The molecule has 0 atom stereocenters. The van der Waals surface area contributed by atoms with Crippen LogP contribution in [0.25, 0.3) is 0 Å². The van der Waals surface area contributed by atoms with Crippen LogP contribution < -0.4 is 4.74 Å². The molecule has 17 heavy (non-hydrogen) atoms. The van der Waals surface area contributed by atoms with Crippen molar-refractivity contribution in [2.45, 2.75) is 44.6 Å². The van der Waals surface area contributed by atoms with Gasteiger partial charge in [0.05, 0.1) is 6.10 Å². The topological polar surface area (TPSA) is 9.23 Å². The molecule has 1 aromatic carbocycles. The second-order valence-corrected chi connectivity index (χ2v) is 4.50. The van der Waals surface area contributed by atoms with Gasteiger partial charge < -0.3 is 4.74 Å². The van der Waals surface area contributed by atoms with E-state index in [4.69, 9.17) is 16.3 Å². The standard InChI is InChI=1S/C13H16ClO.BrH.Zn/c14-12-9-5-6-10-13(12)15-11-7-3-1-2-4-8-11;;/h6,9-11H,1-4,7-8H2;1H;/q-1;;+2/p-1. The molecule has 0 aromatic heterocycles. The van der Waals surface area contributed by atoms with Crippen molar-refractivity contribution in [1.82, 2.24) is 0 Å². The van der Waals surface area contributed by atoms with Crippen molar-refractivity contribution < 1.29 is 21.1 Å². The molecule has 1 saturated carbocycles. The number of rotatable bonds is 2. The fourth-order valence-corrected chi connectivity index (χ4v) is 2.20. The first-order chi connectivity index (χ1) is 8.36. The van der Waals surface area contributed by atoms with E-state index in [0.29, 0.717) is 11.1 Å². The zero-order valence-corrected chi connectivity index (χ0v) is 15.2. The molecule has 4 heteroatoms. The fourth-order valence-electron chi connectivity index (χ4n) is 2.03. The van der Waals surface area contributed by atoms with Crippen LogP contribution in [-0.4, -0.2) is 6.10 Å². The zero-order valence-electron chi connectivity index (χ0n) is 9.92. The van der Waals surface area contributed by atoms with E-state index >= 15 is 0 Å². The quantitative estimate of drug-likeness (QED) is 0.401. The van der Waals surface area contributed by atoms with E-state index in [1.165, 1.54) is 42.0 Å². The molecular formula is C13H16BrClOZn. The van der Waals surface area contributed by atoms with Gasteiger partial charge in [-0.1, -0.05) is 12.8 Å². The molecule has 0 unspecified atom stereocenters. The van der Waals surface area contributed by atoms with Crippen LogP contribution in [0.15, 0.2) is 18.2 Å². The molecule has 0 amide bonds. The Balaban J connectivity index is 0.000000686. The summed E-state index contributed by atoms with van der Waals surface area (Å²) in [5.41, 5.74) is 0. The van der Waals surface area contributed by atoms with Gasteiger partial charge >= 0.3 is 30.0 Å². The summed E-state index contributed by atoms with van der Waals surface area (Å²) in [7, 11) is 0. The average molecular weight is 369 g/mol. The Labute approximate surface area is 125 Å². The summed E-state index contributed by atoms with van der Waals surface area (Å²) in [5, 5.41) is 0.668. The third-order valence-electron chi connectivity index (χ3n) is 2.87. The van der Waals surface area contributed by atoms with Gasteiger partial charge in [0.1, 0.15) is 0 Å². The van der Waals surface area contributed by atoms with Gasteiger partial charge in [0.15, 0.2) is 0 Å². The molecule has 1 aliphatic rings. The normalized spacial score (nSPS) is 16.7. The maximum absolute atomic E-state index is 6.03. The second kappa shape index (κ2) is 9.36. The molecule has 0 bridgehead atoms. The van der Waals surface area contributed by atoms with Crippen LogP contribution >= 0.6 is 25.2 Å². The van der Waals surface area contributed by atoms with Crippen molar-refractivity contribution in [3.63, 3.8) is 0 Å². The molecule has 90 valence electrons. The molecular weight excluding hydrogens is 353 g/mol. The van der Waals surface area contributed by atoms with E-state index in [0.717, 1.165) is 18.6 Å². The molecule has 0 N–H and O–H groups in total. The van der Waals surface area contributed by atoms with Crippen LogP contribution in [0.2, 0.25) is 5.02 Å². The van der Waals surface area contributed by atoms with Gasteiger partial charge in [-0.15, -0.1) is 6.07 Å². The molecule has 0 heterocycles. The molecule has 0 radical (unpaired) electrons. The molecule has 1 aliphatic carbocycles. The minimum absolute atomic E-state index is 0.354. The summed E-state index contributed by atoms with van der Waals surface area (Å²) in [4.78, 5) is 0. The summed E-state index contributed by atoms with van der Waals surface area (Å²) >= 11 is 10.3. The predicted octanol–water partition coefficient (Wildman–Crippen LogP) is 5.08. The van der Waals surface area contributed by atoms with Crippen LogP contribution in [0.3, 0.4) is 0 Å². The zero-order chi connectivity index (χ0) is 12.5. The third kappa shape index (κ3) is 5.72. The molecule has 2 rings (SSSR count). The molecule has 0 saturated heterocycles. The first-order valence-corrected chi connectivity index (χ1v) is 13.3. The summed E-state index contributed by atoms with van der Waals surface area (Å²) in [5.74, 6) is 0.808. The van der Waals surface area contributed by atoms with Gasteiger partial charge in [0, 0.05) is 5.75 Å². The van der Waals surface area contributed by atoms with Crippen LogP contribution in [-0.2, 0) is 16.3 Å². The van der Waals surface area contributed by atoms with Crippen LogP contribution in [0.4, 0.5) is 0 Å². The number of ether oxygens (including phenoxy) is 1. The van der Waals surface area contributed by atoms with Crippen molar-refractivity contribution in [3.05, 3.63) is 29.3 Å². The minimum atomic E-state index is 0.354. The number of benzene rings is 1. The van der Waals surface area contributed by atoms with Crippen molar-refractivity contribution in [1.29, 1.82) is 0 Å².